The van der Waals surface area contributed by atoms with Crippen molar-refractivity contribution in [3.8, 4) is 0 Å². The standard InChI is InChI=1S/C14H20FNO2S/c1-14(2,18)9-16(3)13(17)10-5-6-12(15)11(7-10)8-19-4/h5-7,18H,8-9H2,1-4H3. The predicted molar refractivity (Wildman–Crippen MR) is 76.9 cm³/mol. The molecule has 0 radical (unpaired) electrons. The van der Waals surface area contributed by atoms with Crippen LogP contribution in [0.1, 0.15) is 29.8 Å². The van der Waals surface area contributed by atoms with Crippen molar-refractivity contribution < 1.29 is 14.3 Å². The smallest absolute Gasteiger partial charge is 0.253 e. The topological polar surface area (TPSA) is 40.5 Å². The van der Waals surface area contributed by atoms with Gasteiger partial charge in [0.05, 0.1) is 5.60 Å². The van der Waals surface area contributed by atoms with Crippen molar-refractivity contribution in [2.24, 2.45) is 0 Å². The minimum Gasteiger partial charge on any atom is -0.389 e. The number of halogens is 1. The normalized spacial score (nSPS) is 11.5. The van der Waals surface area contributed by atoms with Crippen molar-refractivity contribution in [2.45, 2.75) is 25.2 Å². The van der Waals surface area contributed by atoms with Crippen LogP contribution in [0.15, 0.2) is 18.2 Å². The minimum atomic E-state index is -0.952. The summed E-state index contributed by atoms with van der Waals surface area (Å²) in [6.07, 6.45) is 1.88. The molecule has 0 fully saturated rings. The molecular formula is C14H20FNO2S. The van der Waals surface area contributed by atoms with E-state index in [9.17, 15) is 14.3 Å². The fraction of sp³-hybridized carbons (Fsp3) is 0.500. The van der Waals surface area contributed by atoms with Crippen molar-refractivity contribution in [1.29, 1.82) is 0 Å². The minimum absolute atomic E-state index is 0.218. The lowest BCUT2D eigenvalue weighted by Crippen LogP contribution is -2.39. The Balaban J connectivity index is 2.90. The number of likely N-dealkylation sites (N-methyl/N-ethyl adjacent to an activating group) is 1. The molecule has 0 aliphatic carbocycles. The van der Waals surface area contributed by atoms with Gasteiger partial charge in [-0.1, -0.05) is 0 Å². The average Bonchev–Trinajstić information content (AvgIpc) is 2.29. The van der Waals surface area contributed by atoms with Gasteiger partial charge in [-0.3, -0.25) is 4.79 Å². The van der Waals surface area contributed by atoms with Crippen LogP contribution in [0.3, 0.4) is 0 Å². The highest BCUT2D eigenvalue weighted by Gasteiger charge is 2.20. The first-order valence-electron chi connectivity index (χ1n) is 6.00. The molecule has 1 aromatic carbocycles. The number of carbonyl (C=O) groups excluding carboxylic acids is 1. The van der Waals surface area contributed by atoms with Crippen LogP contribution in [0.2, 0.25) is 0 Å². The van der Waals surface area contributed by atoms with Gasteiger partial charge in [0.15, 0.2) is 0 Å². The number of hydrogen-bond donors (Lipinski definition) is 1. The number of benzene rings is 1. The van der Waals surface area contributed by atoms with E-state index >= 15 is 0 Å². The van der Waals surface area contributed by atoms with E-state index in [0.717, 1.165) is 0 Å². The van der Waals surface area contributed by atoms with Crippen LogP contribution in [0.25, 0.3) is 0 Å². The Bertz CT molecular complexity index is 457. The second-order valence-corrected chi connectivity index (χ2v) is 6.08. The molecule has 5 heteroatoms. The van der Waals surface area contributed by atoms with Crippen LogP contribution in [-0.2, 0) is 5.75 Å². The molecule has 0 bridgehead atoms. The summed E-state index contributed by atoms with van der Waals surface area (Å²) in [7, 11) is 1.62. The van der Waals surface area contributed by atoms with Crippen molar-refractivity contribution in [3.05, 3.63) is 35.1 Å². The Morgan fingerprint density at radius 1 is 1.47 bits per heavy atom. The van der Waals surface area contributed by atoms with Crippen LogP contribution in [0.5, 0.6) is 0 Å². The first kappa shape index (κ1) is 16.0. The van der Waals surface area contributed by atoms with Gasteiger partial charge < -0.3 is 10.0 Å². The molecule has 0 spiro atoms. The number of hydrogen-bond acceptors (Lipinski definition) is 3. The van der Waals surface area contributed by atoms with Gasteiger partial charge in [0.1, 0.15) is 5.82 Å². The van der Waals surface area contributed by atoms with Crippen LogP contribution < -0.4 is 0 Å². The third-order valence-electron chi connectivity index (χ3n) is 2.56. The number of carbonyl (C=O) groups is 1. The second-order valence-electron chi connectivity index (χ2n) is 5.21. The Morgan fingerprint density at radius 2 is 2.11 bits per heavy atom. The van der Waals surface area contributed by atoms with Gasteiger partial charge in [-0.15, -0.1) is 0 Å². The van der Waals surface area contributed by atoms with Gasteiger partial charge in [0.2, 0.25) is 0 Å². The SMILES string of the molecule is CSCc1cc(C(=O)N(C)CC(C)(C)O)ccc1F. The summed E-state index contributed by atoms with van der Waals surface area (Å²) in [6, 6.07) is 4.37. The molecule has 0 atom stereocenters. The van der Waals surface area contributed by atoms with Crippen LogP contribution in [0.4, 0.5) is 4.39 Å². The van der Waals surface area contributed by atoms with Crippen LogP contribution in [-0.4, -0.2) is 41.4 Å². The number of amides is 1. The van der Waals surface area contributed by atoms with Crippen molar-refractivity contribution in [1.82, 2.24) is 4.90 Å². The largest absolute Gasteiger partial charge is 0.389 e. The van der Waals surface area contributed by atoms with E-state index in [0.29, 0.717) is 16.9 Å². The third kappa shape index (κ3) is 4.84. The molecule has 106 valence electrons. The summed E-state index contributed by atoms with van der Waals surface area (Å²) in [4.78, 5) is 13.6. The van der Waals surface area contributed by atoms with E-state index in [2.05, 4.69) is 0 Å². The first-order chi connectivity index (χ1) is 8.74. The van der Waals surface area contributed by atoms with E-state index in [-0.39, 0.29) is 18.3 Å². The van der Waals surface area contributed by atoms with Crippen molar-refractivity contribution in [2.75, 3.05) is 19.8 Å². The molecule has 0 saturated heterocycles. The summed E-state index contributed by atoms with van der Waals surface area (Å²) in [5.41, 5.74) is 0.0132. The number of aliphatic hydroxyl groups is 1. The maximum atomic E-state index is 13.5. The fourth-order valence-corrected chi connectivity index (χ4v) is 2.38. The Hall–Kier alpha value is -1.07. The van der Waals surface area contributed by atoms with E-state index in [1.54, 1.807) is 27.0 Å². The van der Waals surface area contributed by atoms with E-state index in [1.807, 2.05) is 6.26 Å². The fourth-order valence-electron chi connectivity index (χ4n) is 1.85. The predicted octanol–water partition coefficient (Wildman–Crippen LogP) is 2.53. The monoisotopic (exact) mass is 285 g/mol. The molecule has 1 rings (SSSR count). The lowest BCUT2D eigenvalue weighted by molar-refractivity contribution is 0.0368. The molecular weight excluding hydrogens is 265 g/mol. The highest BCUT2D eigenvalue weighted by Crippen LogP contribution is 2.17. The highest BCUT2D eigenvalue weighted by molar-refractivity contribution is 7.97. The number of thioether (sulfide) groups is 1. The lowest BCUT2D eigenvalue weighted by Gasteiger charge is -2.25. The summed E-state index contributed by atoms with van der Waals surface area (Å²) < 4.78 is 13.5. The molecule has 19 heavy (non-hydrogen) atoms. The summed E-state index contributed by atoms with van der Waals surface area (Å²) in [5, 5.41) is 9.71. The maximum absolute atomic E-state index is 13.5. The van der Waals surface area contributed by atoms with Crippen molar-refractivity contribution >= 4 is 17.7 Å². The van der Waals surface area contributed by atoms with Gasteiger partial charge in [0.25, 0.3) is 5.91 Å². The van der Waals surface area contributed by atoms with Gasteiger partial charge in [-0.25, -0.2) is 4.39 Å². The Kier molecular flexibility index (Phi) is 5.38. The third-order valence-corrected chi connectivity index (χ3v) is 3.16. The zero-order chi connectivity index (χ0) is 14.6. The molecule has 0 saturated carbocycles. The summed E-state index contributed by atoms with van der Waals surface area (Å²) in [6.45, 7) is 3.50. The molecule has 1 amide bonds. The summed E-state index contributed by atoms with van der Waals surface area (Å²) >= 11 is 1.50. The molecule has 0 aromatic heterocycles. The van der Waals surface area contributed by atoms with E-state index < -0.39 is 5.60 Å². The van der Waals surface area contributed by atoms with Gasteiger partial charge in [-0.2, -0.15) is 11.8 Å². The highest BCUT2D eigenvalue weighted by atomic mass is 32.2. The molecule has 3 nitrogen and oxygen atoms in total. The molecule has 0 unspecified atom stereocenters. The zero-order valence-electron chi connectivity index (χ0n) is 11.7. The molecule has 0 aliphatic heterocycles. The maximum Gasteiger partial charge on any atom is 0.253 e. The molecule has 0 heterocycles. The van der Waals surface area contributed by atoms with Crippen LogP contribution >= 0.6 is 11.8 Å². The number of rotatable bonds is 5. The summed E-state index contributed by atoms with van der Waals surface area (Å²) in [5.74, 6) is 0.0165. The van der Waals surface area contributed by atoms with Gasteiger partial charge in [-0.05, 0) is 43.9 Å². The first-order valence-corrected chi connectivity index (χ1v) is 7.39. The van der Waals surface area contributed by atoms with Crippen molar-refractivity contribution in [3.63, 3.8) is 0 Å². The Labute approximate surface area is 117 Å². The molecule has 1 N–H and O–H groups in total. The quantitative estimate of drug-likeness (QED) is 0.904. The zero-order valence-corrected chi connectivity index (χ0v) is 12.6. The average molecular weight is 285 g/mol. The van der Waals surface area contributed by atoms with E-state index in [1.165, 1.54) is 28.8 Å². The van der Waals surface area contributed by atoms with E-state index in [4.69, 9.17) is 0 Å². The lowest BCUT2D eigenvalue weighted by atomic mass is 10.1. The van der Waals surface area contributed by atoms with Gasteiger partial charge >= 0.3 is 0 Å². The molecule has 0 aliphatic rings. The second kappa shape index (κ2) is 6.39. The Morgan fingerprint density at radius 3 is 2.63 bits per heavy atom. The van der Waals surface area contributed by atoms with Crippen LogP contribution in [0, 0.1) is 5.82 Å². The van der Waals surface area contributed by atoms with Gasteiger partial charge in [0, 0.05) is 24.9 Å². The molecule has 1 aromatic rings. The number of nitrogens with zero attached hydrogens (tertiary/aromatic N) is 1.